The van der Waals surface area contributed by atoms with Crippen molar-refractivity contribution in [2.75, 3.05) is 6.54 Å². The van der Waals surface area contributed by atoms with Crippen LogP contribution in [0.3, 0.4) is 0 Å². The molecule has 0 bridgehead atoms. The van der Waals surface area contributed by atoms with Crippen LogP contribution in [0, 0.1) is 12.8 Å². The van der Waals surface area contributed by atoms with Crippen molar-refractivity contribution in [2.24, 2.45) is 5.92 Å². The van der Waals surface area contributed by atoms with Crippen LogP contribution in [-0.4, -0.2) is 20.1 Å². The molecule has 0 aliphatic heterocycles. The van der Waals surface area contributed by atoms with Gasteiger partial charge in [-0.1, -0.05) is 15.9 Å². The summed E-state index contributed by atoms with van der Waals surface area (Å²) in [5, 5.41) is 9.14. The van der Waals surface area contributed by atoms with E-state index in [1.54, 1.807) is 13.0 Å². The van der Waals surface area contributed by atoms with Crippen molar-refractivity contribution in [3.05, 3.63) is 27.7 Å². The standard InChI is InChI=1S/C12H16BrNO3S/c1-8-11(13)4-10(7-15)5-12(8)18(16,17)14-6-9-2-3-9/h4-5,9,14-15H,2-3,6-7H2,1H3. The molecule has 2 rings (SSSR count). The van der Waals surface area contributed by atoms with E-state index >= 15 is 0 Å². The Balaban J connectivity index is 2.32. The number of nitrogens with one attached hydrogen (secondary N) is 1. The number of hydrogen-bond donors (Lipinski definition) is 2. The van der Waals surface area contributed by atoms with Crippen LogP contribution < -0.4 is 4.72 Å². The Labute approximate surface area is 116 Å². The lowest BCUT2D eigenvalue weighted by atomic mass is 10.2. The summed E-state index contributed by atoms with van der Waals surface area (Å²) in [5.74, 6) is 0.490. The summed E-state index contributed by atoms with van der Waals surface area (Å²) in [4.78, 5) is 0.238. The molecular formula is C12H16BrNO3S. The zero-order valence-electron chi connectivity index (χ0n) is 10.1. The highest BCUT2D eigenvalue weighted by Crippen LogP contribution is 2.29. The maximum atomic E-state index is 12.2. The molecule has 1 aliphatic carbocycles. The molecule has 0 heterocycles. The Bertz CT molecular complexity index is 553. The van der Waals surface area contributed by atoms with Gasteiger partial charge in [0.25, 0.3) is 0 Å². The number of halogens is 1. The largest absolute Gasteiger partial charge is 0.392 e. The second-order valence-electron chi connectivity index (χ2n) is 4.65. The van der Waals surface area contributed by atoms with Gasteiger partial charge in [-0.05, 0) is 48.9 Å². The van der Waals surface area contributed by atoms with Gasteiger partial charge in [-0.15, -0.1) is 0 Å². The number of sulfonamides is 1. The number of benzene rings is 1. The molecule has 0 radical (unpaired) electrons. The van der Waals surface area contributed by atoms with E-state index in [2.05, 4.69) is 20.7 Å². The number of rotatable bonds is 5. The summed E-state index contributed by atoms with van der Waals surface area (Å²) in [7, 11) is -3.49. The van der Waals surface area contributed by atoms with Crippen molar-refractivity contribution in [1.29, 1.82) is 0 Å². The van der Waals surface area contributed by atoms with Crippen LogP contribution in [0.2, 0.25) is 0 Å². The Morgan fingerprint density at radius 1 is 1.44 bits per heavy atom. The van der Waals surface area contributed by atoms with Crippen molar-refractivity contribution in [2.45, 2.75) is 31.3 Å². The second kappa shape index (κ2) is 5.28. The molecule has 100 valence electrons. The first-order chi connectivity index (χ1) is 8.44. The average Bonchev–Trinajstić information content (AvgIpc) is 3.13. The van der Waals surface area contributed by atoms with E-state index < -0.39 is 10.0 Å². The molecule has 0 aromatic heterocycles. The monoisotopic (exact) mass is 333 g/mol. The molecule has 1 aliphatic rings. The molecule has 0 spiro atoms. The highest BCUT2D eigenvalue weighted by molar-refractivity contribution is 9.10. The molecule has 1 aromatic carbocycles. The summed E-state index contributed by atoms with van der Waals surface area (Å²) in [6.07, 6.45) is 2.20. The zero-order chi connectivity index (χ0) is 13.3. The molecule has 4 nitrogen and oxygen atoms in total. The molecule has 0 unspecified atom stereocenters. The van der Waals surface area contributed by atoms with Gasteiger partial charge in [0.05, 0.1) is 11.5 Å². The van der Waals surface area contributed by atoms with Crippen LogP contribution in [0.15, 0.2) is 21.5 Å². The number of aliphatic hydroxyl groups is 1. The molecule has 2 N–H and O–H groups in total. The first-order valence-electron chi connectivity index (χ1n) is 5.83. The lowest BCUT2D eigenvalue weighted by Gasteiger charge is -2.12. The summed E-state index contributed by atoms with van der Waals surface area (Å²) in [5.41, 5.74) is 1.25. The van der Waals surface area contributed by atoms with Gasteiger partial charge >= 0.3 is 0 Å². The SMILES string of the molecule is Cc1c(Br)cc(CO)cc1S(=O)(=O)NCC1CC1. The van der Waals surface area contributed by atoms with Crippen molar-refractivity contribution in [3.63, 3.8) is 0 Å². The third kappa shape index (κ3) is 3.12. The van der Waals surface area contributed by atoms with Gasteiger partial charge in [0, 0.05) is 11.0 Å². The third-order valence-electron chi connectivity index (χ3n) is 3.09. The molecule has 0 amide bonds. The molecule has 0 atom stereocenters. The van der Waals surface area contributed by atoms with E-state index in [1.807, 2.05) is 0 Å². The average molecular weight is 334 g/mol. The van der Waals surface area contributed by atoms with Gasteiger partial charge in [-0.25, -0.2) is 13.1 Å². The van der Waals surface area contributed by atoms with Crippen molar-refractivity contribution in [3.8, 4) is 0 Å². The Hall–Kier alpha value is -0.430. The van der Waals surface area contributed by atoms with Crippen LogP contribution >= 0.6 is 15.9 Å². The fourth-order valence-corrected chi connectivity index (χ4v) is 3.77. The van der Waals surface area contributed by atoms with Gasteiger partial charge in [-0.2, -0.15) is 0 Å². The van der Waals surface area contributed by atoms with Crippen LogP contribution in [0.1, 0.15) is 24.0 Å². The molecule has 1 aromatic rings. The van der Waals surface area contributed by atoms with E-state index in [0.29, 0.717) is 28.1 Å². The summed E-state index contributed by atoms with van der Waals surface area (Å²) >= 11 is 3.32. The summed E-state index contributed by atoms with van der Waals surface area (Å²) in [6, 6.07) is 3.25. The summed E-state index contributed by atoms with van der Waals surface area (Å²) in [6.45, 7) is 2.07. The molecule has 18 heavy (non-hydrogen) atoms. The van der Waals surface area contributed by atoms with E-state index in [1.165, 1.54) is 6.07 Å². The molecule has 0 saturated heterocycles. The van der Waals surface area contributed by atoms with Crippen LogP contribution in [0.4, 0.5) is 0 Å². The minimum Gasteiger partial charge on any atom is -0.392 e. The lowest BCUT2D eigenvalue weighted by molar-refractivity contribution is 0.281. The highest BCUT2D eigenvalue weighted by atomic mass is 79.9. The smallest absolute Gasteiger partial charge is 0.240 e. The van der Waals surface area contributed by atoms with E-state index in [9.17, 15) is 8.42 Å². The normalized spacial score (nSPS) is 15.9. The maximum absolute atomic E-state index is 12.2. The Kier molecular flexibility index (Phi) is 4.11. The molecule has 1 fully saturated rings. The van der Waals surface area contributed by atoms with Gasteiger partial charge in [0.1, 0.15) is 0 Å². The van der Waals surface area contributed by atoms with Crippen LogP contribution in [-0.2, 0) is 16.6 Å². The number of hydrogen-bond acceptors (Lipinski definition) is 3. The van der Waals surface area contributed by atoms with E-state index in [-0.39, 0.29) is 11.5 Å². The highest BCUT2D eigenvalue weighted by Gasteiger charge is 2.25. The van der Waals surface area contributed by atoms with Crippen LogP contribution in [0.25, 0.3) is 0 Å². The van der Waals surface area contributed by atoms with Crippen molar-refractivity contribution >= 4 is 26.0 Å². The van der Waals surface area contributed by atoms with Gasteiger partial charge in [0.15, 0.2) is 0 Å². The van der Waals surface area contributed by atoms with E-state index in [4.69, 9.17) is 5.11 Å². The Morgan fingerprint density at radius 3 is 2.67 bits per heavy atom. The topological polar surface area (TPSA) is 66.4 Å². The predicted molar refractivity (Wildman–Crippen MR) is 72.7 cm³/mol. The summed E-state index contributed by atoms with van der Waals surface area (Å²) < 4.78 is 27.7. The second-order valence-corrected chi connectivity index (χ2v) is 7.24. The fourth-order valence-electron chi connectivity index (χ4n) is 1.70. The van der Waals surface area contributed by atoms with Gasteiger partial charge < -0.3 is 5.11 Å². The molecule has 6 heteroatoms. The lowest BCUT2D eigenvalue weighted by Crippen LogP contribution is -2.26. The maximum Gasteiger partial charge on any atom is 0.240 e. The van der Waals surface area contributed by atoms with Crippen molar-refractivity contribution < 1.29 is 13.5 Å². The van der Waals surface area contributed by atoms with Gasteiger partial charge in [-0.3, -0.25) is 0 Å². The molecular weight excluding hydrogens is 318 g/mol. The first-order valence-corrected chi connectivity index (χ1v) is 8.11. The predicted octanol–water partition coefficient (Wildman–Crippen LogP) is 1.94. The quantitative estimate of drug-likeness (QED) is 0.865. The fraction of sp³-hybridized carbons (Fsp3) is 0.500. The Morgan fingerprint density at radius 2 is 2.11 bits per heavy atom. The minimum absolute atomic E-state index is 0.177. The third-order valence-corrected chi connectivity index (χ3v) is 5.46. The zero-order valence-corrected chi connectivity index (χ0v) is 12.5. The number of aliphatic hydroxyl groups excluding tert-OH is 1. The van der Waals surface area contributed by atoms with Gasteiger partial charge in [0.2, 0.25) is 10.0 Å². The first kappa shape index (κ1) is 14.0. The van der Waals surface area contributed by atoms with Crippen molar-refractivity contribution in [1.82, 2.24) is 4.72 Å². The van der Waals surface area contributed by atoms with Crippen LogP contribution in [0.5, 0.6) is 0 Å². The minimum atomic E-state index is -3.49. The van der Waals surface area contributed by atoms with E-state index in [0.717, 1.165) is 12.8 Å². The molecule has 1 saturated carbocycles.